The van der Waals surface area contributed by atoms with Gasteiger partial charge in [0, 0.05) is 12.9 Å². The summed E-state index contributed by atoms with van der Waals surface area (Å²) >= 11 is -1.94. The SMILES string of the molecule is COCCS(=O)[O-]. The van der Waals surface area contributed by atoms with Crippen molar-refractivity contribution in [3.63, 3.8) is 0 Å². The molecule has 3 nitrogen and oxygen atoms in total. The normalized spacial score (nSPS) is 14.0. The first kappa shape index (κ1) is 7.07. The van der Waals surface area contributed by atoms with Gasteiger partial charge in [-0.2, -0.15) is 0 Å². The Morgan fingerprint density at radius 2 is 2.43 bits per heavy atom. The van der Waals surface area contributed by atoms with Gasteiger partial charge in [0.15, 0.2) is 0 Å². The Kier molecular flexibility index (Phi) is 4.28. The van der Waals surface area contributed by atoms with Crippen molar-refractivity contribution < 1.29 is 13.5 Å². The van der Waals surface area contributed by atoms with Crippen molar-refractivity contribution >= 4 is 11.1 Å². The summed E-state index contributed by atoms with van der Waals surface area (Å²) in [6, 6.07) is 0. The summed E-state index contributed by atoms with van der Waals surface area (Å²) in [6.07, 6.45) is 0. The zero-order valence-corrected chi connectivity index (χ0v) is 4.86. The molecule has 44 valence electrons. The summed E-state index contributed by atoms with van der Waals surface area (Å²) in [5, 5.41) is 0. The lowest BCUT2D eigenvalue weighted by molar-refractivity contribution is 0.216. The van der Waals surface area contributed by atoms with Crippen LogP contribution in [0.1, 0.15) is 0 Å². The molecule has 0 bridgehead atoms. The molecule has 0 heterocycles. The standard InChI is InChI=1S/C3H8O3S/c1-6-2-3-7(4)5/h2-3H2,1H3,(H,4,5)/p-1. The molecule has 0 aromatic heterocycles. The average molecular weight is 123 g/mol. The monoisotopic (exact) mass is 123 g/mol. The molecule has 0 radical (unpaired) electrons. The van der Waals surface area contributed by atoms with E-state index in [-0.39, 0.29) is 12.4 Å². The van der Waals surface area contributed by atoms with Crippen molar-refractivity contribution in [3.8, 4) is 0 Å². The highest BCUT2D eigenvalue weighted by atomic mass is 32.2. The van der Waals surface area contributed by atoms with Gasteiger partial charge in [0.2, 0.25) is 0 Å². The molecular weight excluding hydrogens is 116 g/mol. The minimum Gasteiger partial charge on any atom is -0.772 e. The third-order valence-corrected chi connectivity index (χ3v) is 0.954. The van der Waals surface area contributed by atoms with Gasteiger partial charge in [-0.25, -0.2) is 0 Å². The quantitative estimate of drug-likeness (QED) is 0.476. The maximum atomic E-state index is 9.68. The minimum absolute atomic E-state index is 0.0938. The van der Waals surface area contributed by atoms with Crippen molar-refractivity contribution in [2.24, 2.45) is 0 Å². The van der Waals surface area contributed by atoms with Crippen LogP contribution in [0.2, 0.25) is 0 Å². The average Bonchev–Trinajstić information content (AvgIpc) is 1.61. The molecule has 0 saturated heterocycles. The van der Waals surface area contributed by atoms with Gasteiger partial charge in [-0.15, -0.1) is 0 Å². The third-order valence-electron chi connectivity index (χ3n) is 0.454. The molecule has 0 aliphatic heterocycles. The summed E-state index contributed by atoms with van der Waals surface area (Å²) in [7, 11) is 1.47. The molecule has 0 amide bonds. The Labute approximate surface area is 45.0 Å². The lowest BCUT2D eigenvalue weighted by Crippen LogP contribution is -2.01. The molecule has 4 heteroatoms. The third kappa shape index (κ3) is 6.07. The number of hydrogen-bond donors (Lipinski definition) is 0. The van der Waals surface area contributed by atoms with Crippen LogP contribution in [-0.2, 0) is 15.8 Å². The zero-order chi connectivity index (χ0) is 5.70. The van der Waals surface area contributed by atoms with E-state index in [9.17, 15) is 8.76 Å². The van der Waals surface area contributed by atoms with Crippen molar-refractivity contribution in [1.82, 2.24) is 0 Å². The first-order chi connectivity index (χ1) is 3.27. The molecule has 0 aliphatic carbocycles. The highest BCUT2D eigenvalue weighted by Crippen LogP contribution is 1.71. The lowest BCUT2D eigenvalue weighted by Gasteiger charge is -2.00. The van der Waals surface area contributed by atoms with E-state index >= 15 is 0 Å². The second kappa shape index (κ2) is 4.23. The van der Waals surface area contributed by atoms with Crippen molar-refractivity contribution in [1.29, 1.82) is 0 Å². The molecule has 1 atom stereocenters. The van der Waals surface area contributed by atoms with Crippen LogP contribution < -0.4 is 0 Å². The predicted molar refractivity (Wildman–Crippen MR) is 25.7 cm³/mol. The maximum Gasteiger partial charge on any atom is 0.0566 e. The molecule has 0 rings (SSSR count). The lowest BCUT2D eigenvalue weighted by atomic mass is 10.9. The van der Waals surface area contributed by atoms with E-state index in [1.807, 2.05) is 0 Å². The second-order valence-electron chi connectivity index (χ2n) is 1.00. The van der Waals surface area contributed by atoms with Crippen molar-refractivity contribution in [2.45, 2.75) is 0 Å². The fourth-order valence-electron chi connectivity index (χ4n) is 0.151. The molecular formula is C3H7O3S-. The van der Waals surface area contributed by atoms with Gasteiger partial charge in [-0.3, -0.25) is 4.21 Å². The molecule has 0 fully saturated rings. The summed E-state index contributed by atoms with van der Waals surface area (Å²) in [5.74, 6) is 0.0938. The highest BCUT2D eigenvalue weighted by molar-refractivity contribution is 7.79. The highest BCUT2D eigenvalue weighted by Gasteiger charge is 1.78. The van der Waals surface area contributed by atoms with Crippen molar-refractivity contribution in [2.75, 3.05) is 19.5 Å². The van der Waals surface area contributed by atoms with Gasteiger partial charge in [0.1, 0.15) is 0 Å². The number of ether oxygens (including phenoxy) is 1. The molecule has 0 aromatic carbocycles. The molecule has 7 heavy (non-hydrogen) atoms. The van der Waals surface area contributed by atoms with Crippen LogP contribution >= 0.6 is 0 Å². The van der Waals surface area contributed by atoms with Gasteiger partial charge in [0.05, 0.1) is 6.61 Å². The van der Waals surface area contributed by atoms with Crippen LogP contribution in [0.25, 0.3) is 0 Å². The van der Waals surface area contributed by atoms with Crippen LogP contribution in [0.5, 0.6) is 0 Å². The van der Waals surface area contributed by atoms with Gasteiger partial charge in [-0.1, -0.05) is 11.1 Å². The Balaban J connectivity index is 2.82. The van der Waals surface area contributed by atoms with Gasteiger partial charge in [-0.05, 0) is 0 Å². The second-order valence-corrected chi connectivity index (χ2v) is 2.02. The van der Waals surface area contributed by atoms with Crippen LogP contribution in [0, 0.1) is 0 Å². The zero-order valence-electron chi connectivity index (χ0n) is 4.05. The van der Waals surface area contributed by atoms with E-state index < -0.39 is 11.1 Å². The Morgan fingerprint density at radius 1 is 1.86 bits per heavy atom. The fraction of sp³-hybridized carbons (Fsp3) is 1.00. The molecule has 1 unspecified atom stereocenters. The Morgan fingerprint density at radius 3 is 2.57 bits per heavy atom. The Hall–Kier alpha value is 0.0700. The van der Waals surface area contributed by atoms with Gasteiger partial charge < -0.3 is 9.29 Å². The van der Waals surface area contributed by atoms with E-state index in [1.54, 1.807) is 0 Å². The van der Waals surface area contributed by atoms with E-state index in [4.69, 9.17) is 0 Å². The maximum absolute atomic E-state index is 9.68. The first-order valence-electron chi connectivity index (χ1n) is 1.82. The number of methoxy groups -OCH3 is 1. The van der Waals surface area contributed by atoms with E-state index in [1.165, 1.54) is 7.11 Å². The molecule has 0 aliphatic rings. The van der Waals surface area contributed by atoms with Gasteiger partial charge in [0.25, 0.3) is 0 Å². The van der Waals surface area contributed by atoms with Crippen molar-refractivity contribution in [3.05, 3.63) is 0 Å². The smallest absolute Gasteiger partial charge is 0.0566 e. The number of hydrogen-bond acceptors (Lipinski definition) is 3. The molecule has 0 aromatic rings. The van der Waals surface area contributed by atoms with Crippen LogP contribution in [-0.4, -0.2) is 28.2 Å². The largest absolute Gasteiger partial charge is 0.772 e. The predicted octanol–water partition coefficient (Wildman–Crippen LogP) is -0.488. The summed E-state index contributed by atoms with van der Waals surface area (Å²) < 4.78 is 23.8. The molecule has 0 N–H and O–H groups in total. The summed E-state index contributed by atoms with van der Waals surface area (Å²) in [6.45, 7) is 0.288. The van der Waals surface area contributed by atoms with Crippen LogP contribution in [0.4, 0.5) is 0 Å². The minimum atomic E-state index is -1.94. The van der Waals surface area contributed by atoms with E-state index in [0.717, 1.165) is 0 Å². The van der Waals surface area contributed by atoms with Gasteiger partial charge >= 0.3 is 0 Å². The molecule has 0 spiro atoms. The van der Waals surface area contributed by atoms with E-state index in [0.29, 0.717) is 0 Å². The summed E-state index contributed by atoms with van der Waals surface area (Å²) in [4.78, 5) is 0. The van der Waals surface area contributed by atoms with E-state index in [2.05, 4.69) is 4.74 Å². The topological polar surface area (TPSA) is 49.4 Å². The van der Waals surface area contributed by atoms with Crippen LogP contribution in [0.15, 0.2) is 0 Å². The van der Waals surface area contributed by atoms with Crippen LogP contribution in [0.3, 0.4) is 0 Å². The first-order valence-corrected chi connectivity index (χ1v) is 3.06. The molecule has 0 saturated carbocycles. The number of rotatable bonds is 3. The summed E-state index contributed by atoms with van der Waals surface area (Å²) in [5.41, 5.74) is 0. The fourth-order valence-corrected chi connectivity index (χ4v) is 0.454. The Bertz CT molecular complexity index is 63.2.